The van der Waals surface area contributed by atoms with Gasteiger partial charge in [0.2, 0.25) is 0 Å². The molecular formula is C17H19N3O2. The molecule has 0 amide bonds. The molecule has 22 heavy (non-hydrogen) atoms. The molecule has 0 saturated heterocycles. The topological polar surface area (TPSA) is 77.2 Å². The molecule has 3 rings (SSSR count). The molecule has 1 aromatic carbocycles. The number of rotatable bonds is 4. The van der Waals surface area contributed by atoms with Gasteiger partial charge in [-0.2, -0.15) is 0 Å². The molecule has 1 aliphatic rings. The van der Waals surface area contributed by atoms with E-state index in [4.69, 9.17) is 10.5 Å². The van der Waals surface area contributed by atoms with Gasteiger partial charge in [0.1, 0.15) is 5.82 Å². The smallest absolute Gasteiger partial charge is 0.336 e. The Bertz CT molecular complexity index is 702. The molecule has 114 valence electrons. The monoisotopic (exact) mass is 297 g/mol. The highest BCUT2D eigenvalue weighted by molar-refractivity contribution is 5.88. The second-order valence-corrected chi connectivity index (χ2v) is 5.35. The number of pyridine rings is 1. The SMILES string of the molecule is CCOC(=O)[C@]1(Nc2ncccc2N)CCc2ccccc21. The number of ether oxygens (including phenoxy) is 1. The zero-order valence-electron chi connectivity index (χ0n) is 12.5. The Morgan fingerprint density at radius 3 is 2.95 bits per heavy atom. The first-order valence-corrected chi connectivity index (χ1v) is 7.41. The molecule has 1 aliphatic carbocycles. The average molecular weight is 297 g/mol. The Morgan fingerprint density at radius 2 is 2.18 bits per heavy atom. The number of nitrogens with zero attached hydrogens (tertiary/aromatic N) is 1. The summed E-state index contributed by atoms with van der Waals surface area (Å²) in [6.07, 6.45) is 3.09. The molecule has 1 atom stereocenters. The highest BCUT2D eigenvalue weighted by atomic mass is 16.5. The van der Waals surface area contributed by atoms with E-state index in [1.807, 2.05) is 31.2 Å². The number of aryl methyl sites for hydroxylation is 1. The van der Waals surface area contributed by atoms with Gasteiger partial charge in [-0.15, -0.1) is 0 Å². The van der Waals surface area contributed by atoms with Crippen LogP contribution in [0.1, 0.15) is 24.5 Å². The number of carbonyl (C=O) groups excluding carboxylic acids is 1. The maximum absolute atomic E-state index is 12.7. The van der Waals surface area contributed by atoms with Gasteiger partial charge in [0.15, 0.2) is 5.54 Å². The van der Waals surface area contributed by atoms with E-state index in [0.29, 0.717) is 24.5 Å². The zero-order chi connectivity index (χ0) is 15.6. The van der Waals surface area contributed by atoms with Crippen LogP contribution in [0.2, 0.25) is 0 Å². The number of fused-ring (bicyclic) bond motifs is 1. The zero-order valence-corrected chi connectivity index (χ0v) is 12.5. The van der Waals surface area contributed by atoms with E-state index in [0.717, 1.165) is 17.5 Å². The van der Waals surface area contributed by atoms with Crippen LogP contribution in [0, 0.1) is 0 Å². The van der Waals surface area contributed by atoms with Crippen molar-refractivity contribution in [2.75, 3.05) is 17.7 Å². The Morgan fingerprint density at radius 1 is 1.36 bits per heavy atom. The number of anilines is 2. The van der Waals surface area contributed by atoms with Crippen LogP contribution in [-0.4, -0.2) is 17.6 Å². The molecule has 0 aliphatic heterocycles. The molecule has 2 aromatic rings. The minimum Gasteiger partial charge on any atom is -0.464 e. The first-order valence-electron chi connectivity index (χ1n) is 7.41. The molecule has 0 fully saturated rings. The molecule has 0 unspecified atom stereocenters. The van der Waals surface area contributed by atoms with Gasteiger partial charge in [0.05, 0.1) is 12.3 Å². The van der Waals surface area contributed by atoms with Gasteiger partial charge in [0, 0.05) is 6.20 Å². The lowest BCUT2D eigenvalue weighted by atomic mass is 9.91. The Balaban J connectivity index is 2.06. The van der Waals surface area contributed by atoms with Crippen LogP contribution in [0.3, 0.4) is 0 Å². The number of nitrogens with one attached hydrogen (secondary N) is 1. The van der Waals surface area contributed by atoms with E-state index in [1.54, 1.807) is 18.3 Å². The van der Waals surface area contributed by atoms with E-state index in [-0.39, 0.29) is 5.97 Å². The summed E-state index contributed by atoms with van der Waals surface area (Å²) < 4.78 is 5.33. The highest BCUT2D eigenvalue weighted by Crippen LogP contribution is 2.41. The first kappa shape index (κ1) is 14.4. The quantitative estimate of drug-likeness (QED) is 0.848. The Labute approximate surface area is 129 Å². The molecule has 0 saturated carbocycles. The van der Waals surface area contributed by atoms with E-state index in [2.05, 4.69) is 10.3 Å². The van der Waals surface area contributed by atoms with Gasteiger partial charge in [-0.05, 0) is 43.0 Å². The molecule has 1 heterocycles. The van der Waals surface area contributed by atoms with Gasteiger partial charge >= 0.3 is 5.97 Å². The second-order valence-electron chi connectivity index (χ2n) is 5.35. The largest absolute Gasteiger partial charge is 0.464 e. The molecule has 3 N–H and O–H groups in total. The minimum absolute atomic E-state index is 0.287. The number of aromatic nitrogens is 1. The molecule has 5 heteroatoms. The first-order chi connectivity index (χ1) is 10.7. The van der Waals surface area contributed by atoms with Crippen molar-refractivity contribution in [2.45, 2.75) is 25.3 Å². The number of benzene rings is 1. The van der Waals surface area contributed by atoms with Gasteiger partial charge in [0.25, 0.3) is 0 Å². The predicted octanol–water partition coefficient (Wildman–Crippen LogP) is 2.48. The highest BCUT2D eigenvalue weighted by Gasteiger charge is 2.47. The van der Waals surface area contributed by atoms with Crippen LogP contribution in [0.4, 0.5) is 11.5 Å². The third-order valence-electron chi connectivity index (χ3n) is 4.04. The summed E-state index contributed by atoms with van der Waals surface area (Å²) in [5.74, 6) is 0.220. The fraction of sp³-hybridized carbons (Fsp3) is 0.294. The van der Waals surface area contributed by atoms with E-state index in [9.17, 15) is 4.79 Å². The van der Waals surface area contributed by atoms with Crippen LogP contribution >= 0.6 is 0 Å². The van der Waals surface area contributed by atoms with Crippen molar-refractivity contribution in [3.8, 4) is 0 Å². The van der Waals surface area contributed by atoms with Gasteiger partial charge in [-0.1, -0.05) is 24.3 Å². The van der Waals surface area contributed by atoms with E-state index >= 15 is 0 Å². The third-order valence-corrected chi connectivity index (χ3v) is 4.04. The van der Waals surface area contributed by atoms with Crippen molar-refractivity contribution in [3.63, 3.8) is 0 Å². The maximum atomic E-state index is 12.7. The van der Waals surface area contributed by atoms with Crippen molar-refractivity contribution in [3.05, 3.63) is 53.7 Å². The molecule has 1 aromatic heterocycles. The standard InChI is InChI=1S/C17H19N3O2/c1-2-22-16(21)17(20-15-14(18)8-5-11-19-15)10-9-12-6-3-4-7-13(12)17/h3-8,11H,2,9-10,18H2,1H3,(H,19,20)/t17-/m0/s1. The number of nitrogens with two attached hydrogens (primary N) is 1. The summed E-state index contributed by atoms with van der Waals surface area (Å²) in [4.78, 5) is 17.0. The molecular weight excluding hydrogens is 278 g/mol. The Hall–Kier alpha value is -2.56. The second kappa shape index (κ2) is 5.67. The predicted molar refractivity (Wildman–Crippen MR) is 85.3 cm³/mol. The van der Waals surface area contributed by atoms with Crippen LogP contribution in [0.25, 0.3) is 0 Å². The van der Waals surface area contributed by atoms with Crippen molar-refractivity contribution in [2.24, 2.45) is 0 Å². The van der Waals surface area contributed by atoms with Gasteiger partial charge in [-0.25, -0.2) is 9.78 Å². The average Bonchev–Trinajstić information content (AvgIpc) is 2.90. The van der Waals surface area contributed by atoms with E-state index < -0.39 is 5.54 Å². The van der Waals surface area contributed by atoms with Crippen molar-refractivity contribution >= 4 is 17.5 Å². The lowest BCUT2D eigenvalue weighted by Gasteiger charge is -2.30. The summed E-state index contributed by atoms with van der Waals surface area (Å²) in [5.41, 5.74) is 7.66. The summed E-state index contributed by atoms with van der Waals surface area (Å²) in [6.45, 7) is 2.14. The van der Waals surface area contributed by atoms with Crippen molar-refractivity contribution in [1.29, 1.82) is 0 Å². The van der Waals surface area contributed by atoms with Crippen LogP contribution < -0.4 is 11.1 Å². The minimum atomic E-state index is -0.922. The number of hydrogen-bond donors (Lipinski definition) is 2. The van der Waals surface area contributed by atoms with Crippen LogP contribution in [0.15, 0.2) is 42.6 Å². The molecule has 0 radical (unpaired) electrons. The fourth-order valence-electron chi connectivity index (χ4n) is 2.98. The number of carbonyl (C=O) groups is 1. The molecule has 0 bridgehead atoms. The fourth-order valence-corrected chi connectivity index (χ4v) is 2.98. The number of nitrogen functional groups attached to an aromatic ring is 1. The summed E-state index contributed by atoms with van der Waals surface area (Å²) >= 11 is 0. The van der Waals surface area contributed by atoms with Gasteiger partial charge in [-0.3, -0.25) is 0 Å². The molecule has 0 spiro atoms. The summed E-state index contributed by atoms with van der Waals surface area (Å²) in [5, 5.41) is 3.25. The molecule has 5 nitrogen and oxygen atoms in total. The number of hydrogen-bond acceptors (Lipinski definition) is 5. The van der Waals surface area contributed by atoms with Crippen LogP contribution in [0.5, 0.6) is 0 Å². The normalized spacial score (nSPS) is 19.5. The van der Waals surface area contributed by atoms with Crippen LogP contribution in [-0.2, 0) is 21.5 Å². The third kappa shape index (κ3) is 2.28. The van der Waals surface area contributed by atoms with E-state index in [1.165, 1.54) is 0 Å². The summed E-state index contributed by atoms with van der Waals surface area (Å²) in [7, 11) is 0. The van der Waals surface area contributed by atoms with Gasteiger partial charge < -0.3 is 15.8 Å². The lowest BCUT2D eigenvalue weighted by Crippen LogP contribution is -2.43. The van der Waals surface area contributed by atoms with Crippen molar-refractivity contribution in [1.82, 2.24) is 4.98 Å². The number of esters is 1. The maximum Gasteiger partial charge on any atom is 0.336 e. The lowest BCUT2D eigenvalue weighted by molar-refractivity contribution is -0.149. The van der Waals surface area contributed by atoms with Crippen molar-refractivity contribution < 1.29 is 9.53 Å². The summed E-state index contributed by atoms with van der Waals surface area (Å²) in [6, 6.07) is 11.4. The Kier molecular flexibility index (Phi) is 3.71.